The van der Waals surface area contributed by atoms with Crippen LogP contribution in [0.4, 0.5) is 5.69 Å². The Morgan fingerprint density at radius 2 is 1.76 bits per heavy atom. The smallest absolute Gasteiger partial charge is 0.398 e. The predicted octanol–water partition coefficient (Wildman–Crippen LogP) is 0.790. The van der Waals surface area contributed by atoms with Gasteiger partial charge in [0.05, 0.1) is 16.8 Å². The van der Waals surface area contributed by atoms with E-state index in [1.165, 1.54) is 5.69 Å². The van der Waals surface area contributed by atoms with Crippen LogP contribution in [-0.4, -0.2) is 49.5 Å². The van der Waals surface area contributed by atoms with E-state index in [4.69, 9.17) is 9.31 Å². The van der Waals surface area contributed by atoms with E-state index < -0.39 is 7.12 Å². The van der Waals surface area contributed by atoms with Gasteiger partial charge in [0.25, 0.3) is 0 Å². The molecule has 1 aromatic rings. The van der Waals surface area contributed by atoms with Crippen LogP contribution in [0.5, 0.6) is 0 Å². The summed E-state index contributed by atoms with van der Waals surface area (Å²) in [4.78, 5) is 6.82. The third-order valence-electron chi connectivity index (χ3n) is 4.74. The first-order valence-corrected chi connectivity index (χ1v) is 7.66. The zero-order chi connectivity index (χ0) is 15.1. The lowest BCUT2D eigenvalue weighted by Gasteiger charge is -2.32. The number of anilines is 1. The maximum absolute atomic E-state index is 6.08. The summed E-state index contributed by atoms with van der Waals surface area (Å²) in [5.41, 5.74) is 1.38. The molecular weight excluding hydrogens is 265 g/mol. The Hall–Kier alpha value is -1.11. The Kier molecular flexibility index (Phi) is 3.72. The molecule has 0 aliphatic carbocycles. The summed E-state index contributed by atoms with van der Waals surface area (Å²) in [5, 5.41) is 3.37. The topological polar surface area (TPSA) is 46.6 Å². The van der Waals surface area contributed by atoms with Gasteiger partial charge in [0, 0.05) is 38.1 Å². The molecule has 2 fully saturated rings. The maximum atomic E-state index is 6.08. The molecule has 0 unspecified atom stereocenters. The third kappa shape index (κ3) is 2.80. The van der Waals surface area contributed by atoms with Gasteiger partial charge in [-0.15, -0.1) is 0 Å². The van der Waals surface area contributed by atoms with Crippen molar-refractivity contribution < 1.29 is 9.31 Å². The Morgan fingerprint density at radius 1 is 1.14 bits per heavy atom. The summed E-state index contributed by atoms with van der Waals surface area (Å²) in [6.45, 7) is 12.3. The van der Waals surface area contributed by atoms with Crippen molar-refractivity contribution in [1.82, 2.24) is 10.3 Å². The van der Waals surface area contributed by atoms with E-state index >= 15 is 0 Å². The average molecular weight is 289 g/mol. The van der Waals surface area contributed by atoms with Gasteiger partial charge in [-0.05, 0) is 39.8 Å². The van der Waals surface area contributed by atoms with Crippen molar-refractivity contribution in [3.8, 4) is 0 Å². The molecule has 0 radical (unpaired) electrons. The monoisotopic (exact) mass is 289 g/mol. The molecule has 0 aromatic carbocycles. The highest BCUT2D eigenvalue weighted by Gasteiger charge is 2.52. The molecule has 3 heterocycles. The zero-order valence-electron chi connectivity index (χ0n) is 13.3. The van der Waals surface area contributed by atoms with Crippen molar-refractivity contribution in [3.05, 3.63) is 18.3 Å². The van der Waals surface area contributed by atoms with Crippen molar-refractivity contribution in [2.24, 2.45) is 0 Å². The van der Waals surface area contributed by atoms with Crippen LogP contribution in [0.1, 0.15) is 27.7 Å². The van der Waals surface area contributed by atoms with Gasteiger partial charge in [-0.1, -0.05) is 0 Å². The highest BCUT2D eigenvalue weighted by molar-refractivity contribution is 6.61. The molecule has 0 spiro atoms. The van der Waals surface area contributed by atoms with Crippen LogP contribution >= 0.6 is 0 Å². The van der Waals surface area contributed by atoms with E-state index in [1.54, 1.807) is 0 Å². The standard InChI is InChI=1S/C15H24BN3O2/c1-14(2)15(3,4)21-16(20-14)13-11-12(5-6-18-13)19-9-7-17-8-10-19/h5-6,11,17H,7-10H2,1-4H3. The minimum Gasteiger partial charge on any atom is -0.398 e. The zero-order valence-corrected chi connectivity index (χ0v) is 13.3. The van der Waals surface area contributed by atoms with Gasteiger partial charge in [0.15, 0.2) is 0 Å². The maximum Gasteiger partial charge on any atom is 0.514 e. The number of pyridine rings is 1. The SMILES string of the molecule is CC1(C)OB(c2cc(N3CCNCC3)ccn2)OC1(C)C. The summed E-state index contributed by atoms with van der Waals surface area (Å²) < 4.78 is 12.2. The number of aromatic nitrogens is 1. The largest absolute Gasteiger partial charge is 0.514 e. The predicted molar refractivity (Wildman–Crippen MR) is 85.0 cm³/mol. The quantitative estimate of drug-likeness (QED) is 0.816. The minimum atomic E-state index is -0.391. The van der Waals surface area contributed by atoms with Crippen LogP contribution in [0, 0.1) is 0 Å². The van der Waals surface area contributed by atoms with Crippen LogP contribution in [0.2, 0.25) is 0 Å². The molecule has 0 amide bonds. The molecule has 1 aromatic heterocycles. The molecule has 0 saturated carbocycles. The molecule has 5 nitrogen and oxygen atoms in total. The second-order valence-electron chi connectivity index (χ2n) is 6.76. The van der Waals surface area contributed by atoms with E-state index in [9.17, 15) is 0 Å². The molecular formula is C15H24BN3O2. The van der Waals surface area contributed by atoms with Gasteiger partial charge in [-0.3, -0.25) is 4.98 Å². The first-order valence-electron chi connectivity index (χ1n) is 7.66. The summed E-state index contributed by atoms with van der Waals surface area (Å²) in [7, 11) is -0.391. The van der Waals surface area contributed by atoms with Gasteiger partial charge < -0.3 is 19.5 Å². The third-order valence-corrected chi connectivity index (χ3v) is 4.74. The second kappa shape index (κ2) is 5.27. The minimum absolute atomic E-state index is 0.329. The van der Waals surface area contributed by atoms with Gasteiger partial charge in [-0.2, -0.15) is 0 Å². The fourth-order valence-electron chi connectivity index (χ4n) is 2.65. The Morgan fingerprint density at radius 3 is 2.38 bits per heavy atom. The Labute approximate surface area is 127 Å². The van der Waals surface area contributed by atoms with Crippen molar-refractivity contribution in [2.45, 2.75) is 38.9 Å². The lowest BCUT2D eigenvalue weighted by Crippen LogP contribution is -2.44. The second-order valence-corrected chi connectivity index (χ2v) is 6.76. The fourth-order valence-corrected chi connectivity index (χ4v) is 2.65. The first kappa shape index (κ1) is 14.8. The molecule has 6 heteroatoms. The Balaban J connectivity index is 1.81. The highest BCUT2D eigenvalue weighted by atomic mass is 16.7. The molecule has 0 atom stereocenters. The highest BCUT2D eigenvalue weighted by Crippen LogP contribution is 2.36. The molecule has 2 aliphatic heterocycles. The molecule has 1 N–H and O–H groups in total. The number of rotatable bonds is 2. The first-order chi connectivity index (χ1) is 9.89. The van der Waals surface area contributed by atoms with E-state index in [-0.39, 0.29) is 11.2 Å². The van der Waals surface area contributed by atoms with Crippen LogP contribution < -0.4 is 15.8 Å². The molecule has 0 bridgehead atoms. The van der Waals surface area contributed by atoms with Crippen molar-refractivity contribution in [1.29, 1.82) is 0 Å². The fraction of sp³-hybridized carbons (Fsp3) is 0.667. The number of piperazine rings is 1. The number of nitrogens with zero attached hydrogens (tertiary/aromatic N) is 2. The summed E-state index contributed by atoms with van der Waals surface area (Å²) in [6.07, 6.45) is 1.84. The number of hydrogen-bond acceptors (Lipinski definition) is 5. The molecule has 21 heavy (non-hydrogen) atoms. The summed E-state index contributed by atoms with van der Waals surface area (Å²) in [5.74, 6) is 0. The molecule has 114 valence electrons. The number of hydrogen-bond donors (Lipinski definition) is 1. The average Bonchev–Trinajstić information content (AvgIpc) is 2.69. The van der Waals surface area contributed by atoms with Crippen LogP contribution in [-0.2, 0) is 9.31 Å². The molecule has 3 rings (SSSR count). The molecule has 2 aliphatic rings. The van der Waals surface area contributed by atoms with E-state index in [0.717, 1.165) is 31.8 Å². The van der Waals surface area contributed by atoms with Gasteiger partial charge >= 0.3 is 7.12 Å². The lowest BCUT2D eigenvalue weighted by molar-refractivity contribution is 0.00578. The summed E-state index contributed by atoms with van der Waals surface area (Å²) in [6, 6.07) is 4.15. The lowest BCUT2D eigenvalue weighted by atomic mass is 9.84. The van der Waals surface area contributed by atoms with Crippen molar-refractivity contribution in [3.63, 3.8) is 0 Å². The van der Waals surface area contributed by atoms with Gasteiger partial charge in [0.2, 0.25) is 0 Å². The van der Waals surface area contributed by atoms with Crippen LogP contribution in [0.15, 0.2) is 18.3 Å². The van der Waals surface area contributed by atoms with Crippen LogP contribution in [0.25, 0.3) is 0 Å². The normalized spacial score (nSPS) is 24.4. The van der Waals surface area contributed by atoms with Crippen molar-refractivity contribution in [2.75, 3.05) is 31.1 Å². The van der Waals surface area contributed by atoms with E-state index in [1.807, 2.05) is 6.20 Å². The van der Waals surface area contributed by atoms with E-state index in [2.05, 4.69) is 55.0 Å². The van der Waals surface area contributed by atoms with E-state index in [0.29, 0.717) is 0 Å². The summed E-state index contributed by atoms with van der Waals surface area (Å²) >= 11 is 0. The van der Waals surface area contributed by atoms with Crippen LogP contribution in [0.3, 0.4) is 0 Å². The van der Waals surface area contributed by atoms with Gasteiger partial charge in [-0.25, -0.2) is 0 Å². The van der Waals surface area contributed by atoms with Gasteiger partial charge in [0.1, 0.15) is 0 Å². The van der Waals surface area contributed by atoms with Crippen molar-refractivity contribution >= 4 is 18.4 Å². The number of nitrogens with one attached hydrogen (secondary N) is 1. The molecule has 2 saturated heterocycles. The Bertz CT molecular complexity index is 499.